The summed E-state index contributed by atoms with van der Waals surface area (Å²) >= 11 is 12.3. The van der Waals surface area contributed by atoms with Gasteiger partial charge in [0.15, 0.2) is 11.5 Å². The Hall–Kier alpha value is -3.69. The van der Waals surface area contributed by atoms with E-state index >= 15 is 0 Å². The molecule has 11 heteroatoms. The Kier molecular flexibility index (Phi) is 6.92. The smallest absolute Gasteiger partial charge is 0.315 e. The molecule has 0 fully saturated rings. The van der Waals surface area contributed by atoms with Gasteiger partial charge < -0.3 is 9.47 Å². The molecule has 0 bridgehead atoms. The van der Waals surface area contributed by atoms with Crippen LogP contribution in [0.2, 0.25) is 10.0 Å². The van der Waals surface area contributed by atoms with Gasteiger partial charge in [0, 0.05) is 33.3 Å². The molecule has 0 amide bonds. The van der Waals surface area contributed by atoms with Crippen molar-refractivity contribution in [1.29, 1.82) is 0 Å². The lowest BCUT2D eigenvalue weighted by molar-refractivity contribution is -0.386. The standard InChI is InChI=1S/C21H14Cl2N2O7/c1-31-21-18(25(29)30)9-12(20(26)13-5-2-3-8-17(13)24(27)28)10-19(21)32-11-14-15(22)6-4-7-16(14)23/h2-10H,11H2,1H3. The molecule has 0 heterocycles. The van der Waals surface area contributed by atoms with Crippen molar-refractivity contribution in [3.05, 3.63) is 102 Å². The van der Waals surface area contributed by atoms with Crippen LogP contribution in [0.15, 0.2) is 54.6 Å². The van der Waals surface area contributed by atoms with Crippen LogP contribution in [-0.4, -0.2) is 22.7 Å². The lowest BCUT2D eigenvalue weighted by Gasteiger charge is -2.14. The SMILES string of the molecule is COc1c(OCc2c(Cl)cccc2Cl)cc(C(=O)c2ccccc2[N+](=O)[O-])cc1[N+](=O)[O-]. The molecular formula is C21H14Cl2N2O7. The Morgan fingerprint density at radius 3 is 2.16 bits per heavy atom. The van der Waals surface area contributed by atoms with Gasteiger partial charge in [-0.15, -0.1) is 0 Å². The summed E-state index contributed by atoms with van der Waals surface area (Å²) in [5.74, 6) is -1.14. The van der Waals surface area contributed by atoms with Crippen LogP contribution >= 0.6 is 23.2 Å². The molecule has 0 unspecified atom stereocenters. The van der Waals surface area contributed by atoms with Crippen molar-refractivity contribution in [2.45, 2.75) is 6.61 Å². The van der Waals surface area contributed by atoms with E-state index in [1.54, 1.807) is 18.2 Å². The van der Waals surface area contributed by atoms with Crippen LogP contribution in [0.25, 0.3) is 0 Å². The number of para-hydroxylation sites is 1. The zero-order valence-electron chi connectivity index (χ0n) is 16.4. The van der Waals surface area contributed by atoms with E-state index in [-0.39, 0.29) is 29.2 Å². The first kappa shape index (κ1) is 23.0. The normalized spacial score (nSPS) is 10.5. The number of ketones is 1. The number of benzene rings is 3. The second kappa shape index (κ2) is 9.63. The summed E-state index contributed by atoms with van der Waals surface area (Å²) in [6, 6.07) is 12.3. The number of methoxy groups -OCH3 is 1. The van der Waals surface area contributed by atoms with Crippen molar-refractivity contribution in [3.8, 4) is 11.5 Å². The number of carbonyl (C=O) groups excluding carboxylic acids is 1. The van der Waals surface area contributed by atoms with Crippen LogP contribution in [0.1, 0.15) is 21.5 Å². The Morgan fingerprint density at radius 2 is 1.56 bits per heavy atom. The number of carbonyl (C=O) groups is 1. The highest BCUT2D eigenvalue weighted by molar-refractivity contribution is 6.35. The van der Waals surface area contributed by atoms with E-state index in [0.717, 1.165) is 6.07 Å². The molecule has 0 spiro atoms. The third kappa shape index (κ3) is 4.63. The summed E-state index contributed by atoms with van der Waals surface area (Å²) < 4.78 is 10.8. The number of rotatable bonds is 8. The summed E-state index contributed by atoms with van der Waals surface area (Å²) in [6.07, 6.45) is 0. The molecule has 0 N–H and O–H groups in total. The molecule has 9 nitrogen and oxygen atoms in total. The highest BCUT2D eigenvalue weighted by Gasteiger charge is 2.27. The first-order valence-corrected chi connectivity index (χ1v) is 9.70. The maximum Gasteiger partial charge on any atom is 0.315 e. The van der Waals surface area contributed by atoms with E-state index in [9.17, 15) is 25.0 Å². The number of hydrogen-bond acceptors (Lipinski definition) is 7. The average molecular weight is 477 g/mol. The van der Waals surface area contributed by atoms with Crippen molar-refractivity contribution >= 4 is 40.4 Å². The van der Waals surface area contributed by atoms with Gasteiger partial charge in [0.1, 0.15) is 12.2 Å². The Labute approximate surface area is 191 Å². The van der Waals surface area contributed by atoms with E-state index in [1.807, 2.05) is 0 Å². The second-order valence-electron chi connectivity index (χ2n) is 6.38. The molecule has 3 aromatic rings. The van der Waals surface area contributed by atoms with E-state index in [4.69, 9.17) is 32.7 Å². The number of nitrogens with zero attached hydrogens (tertiary/aromatic N) is 2. The van der Waals surface area contributed by atoms with Crippen LogP contribution in [-0.2, 0) is 6.61 Å². The quantitative estimate of drug-likeness (QED) is 0.234. The number of nitro groups is 2. The van der Waals surface area contributed by atoms with E-state index in [2.05, 4.69) is 0 Å². The first-order chi connectivity index (χ1) is 15.2. The van der Waals surface area contributed by atoms with Crippen molar-refractivity contribution in [1.82, 2.24) is 0 Å². The van der Waals surface area contributed by atoms with Gasteiger partial charge in [-0.1, -0.05) is 41.4 Å². The van der Waals surface area contributed by atoms with Crippen LogP contribution in [0, 0.1) is 20.2 Å². The highest BCUT2D eigenvalue weighted by atomic mass is 35.5. The van der Waals surface area contributed by atoms with Crippen molar-refractivity contribution in [2.75, 3.05) is 7.11 Å². The minimum atomic E-state index is -0.788. The predicted molar refractivity (Wildman–Crippen MR) is 117 cm³/mol. The fourth-order valence-electron chi connectivity index (χ4n) is 2.97. The zero-order valence-corrected chi connectivity index (χ0v) is 17.9. The van der Waals surface area contributed by atoms with Crippen LogP contribution < -0.4 is 9.47 Å². The zero-order chi connectivity index (χ0) is 23.4. The van der Waals surface area contributed by atoms with Crippen LogP contribution in [0.4, 0.5) is 11.4 Å². The molecule has 0 saturated carbocycles. The van der Waals surface area contributed by atoms with Gasteiger partial charge in [0.05, 0.1) is 17.0 Å². The molecule has 0 atom stereocenters. The molecular weight excluding hydrogens is 463 g/mol. The summed E-state index contributed by atoms with van der Waals surface area (Å²) in [5, 5.41) is 23.5. The summed E-state index contributed by atoms with van der Waals surface area (Å²) in [4.78, 5) is 34.5. The van der Waals surface area contributed by atoms with Gasteiger partial charge in [0.25, 0.3) is 5.69 Å². The average Bonchev–Trinajstić information content (AvgIpc) is 2.77. The Morgan fingerprint density at radius 1 is 0.938 bits per heavy atom. The fourth-order valence-corrected chi connectivity index (χ4v) is 3.47. The molecule has 3 rings (SSSR count). The Balaban J connectivity index is 2.09. The number of ether oxygens (including phenoxy) is 2. The topological polar surface area (TPSA) is 122 Å². The maximum atomic E-state index is 13.0. The molecule has 164 valence electrons. The molecule has 0 saturated heterocycles. The van der Waals surface area contributed by atoms with Gasteiger partial charge in [0.2, 0.25) is 5.75 Å². The third-order valence-corrected chi connectivity index (χ3v) is 5.19. The van der Waals surface area contributed by atoms with E-state index in [1.165, 1.54) is 37.4 Å². The third-order valence-electron chi connectivity index (χ3n) is 4.48. The molecule has 0 aliphatic rings. The highest BCUT2D eigenvalue weighted by Crippen LogP contribution is 2.40. The van der Waals surface area contributed by atoms with Crippen molar-refractivity contribution in [2.24, 2.45) is 0 Å². The molecule has 32 heavy (non-hydrogen) atoms. The summed E-state index contributed by atoms with van der Waals surface area (Å²) in [7, 11) is 1.21. The van der Waals surface area contributed by atoms with Gasteiger partial charge in [-0.2, -0.15) is 0 Å². The predicted octanol–water partition coefficient (Wildman–Crippen LogP) is 5.63. The first-order valence-electron chi connectivity index (χ1n) is 8.94. The van der Waals surface area contributed by atoms with Gasteiger partial charge in [-0.05, 0) is 24.3 Å². The fraction of sp³-hybridized carbons (Fsp3) is 0.0952. The van der Waals surface area contributed by atoms with E-state index in [0.29, 0.717) is 15.6 Å². The lowest BCUT2D eigenvalue weighted by Crippen LogP contribution is -2.08. The molecule has 0 aliphatic carbocycles. The summed E-state index contributed by atoms with van der Waals surface area (Å²) in [5.41, 5.74) is -0.960. The molecule has 0 radical (unpaired) electrons. The monoisotopic (exact) mass is 476 g/mol. The minimum absolute atomic E-state index is 0.125. The van der Waals surface area contributed by atoms with Gasteiger partial charge in [-0.3, -0.25) is 25.0 Å². The van der Waals surface area contributed by atoms with E-state index < -0.39 is 27.0 Å². The largest absolute Gasteiger partial charge is 0.488 e. The van der Waals surface area contributed by atoms with Crippen LogP contribution in [0.3, 0.4) is 0 Å². The molecule has 3 aromatic carbocycles. The summed E-state index contributed by atoms with van der Waals surface area (Å²) in [6.45, 7) is -0.171. The number of hydrogen-bond donors (Lipinski definition) is 0. The maximum absolute atomic E-state index is 13.0. The van der Waals surface area contributed by atoms with Gasteiger partial charge >= 0.3 is 5.69 Å². The van der Waals surface area contributed by atoms with Crippen molar-refractivity contribution < 1.29 is 24.1 Å². The lowest BCUT2D eigenvalue weighted by atomic mass is 10.0. The number of halogens is 2. The van der Waals surface area contributed by atoms with Crippen LogP contribution in [0.5, 0.6) is 11.5 Å². The molecule has 0 aromatic heterocycles. The minimum Gasteiger partial charge on any atom is -0.488 e. The Bertz CT molecular complexity index is 1210. The molecule has 0 aliphatic heterocycles. The van der Waals surface area contributed by atoms with Gasteiger partial charge in [-0.25, -0.2) is 0 Å². The van der Waals surface area contributed by atoms with Crippen molar-refractivity contribution in [3.63, 3.8) is 0 Å². The second-order valence-corrected chi connectivity index (χ2v) is 7.19. The number of nitro benzene ring substituents is 2.